The summed E-state index contributed by atoms with van der Waals surface area (Å²) < 4.78 is 0.863. The molecule has 0 saturated heterocycles. The van der Waals surface area contributed by atoms with Crippen molar-refractivity contribution in [2.45, 2.75) is 6.42 Å². The minimum absolute atomic E-state index is 0.138. The third kappa shape index (κ3) is 2.25. The Kier molecular flexibility index (Phi) is 3.12. The molecule has 2 aromatic carbocycles. The Morgan fingerprint density at radius 2 is 1.86 bits per heavy atom. The number of carbonyl (C=O) groups is 1. The van der Waals surface area contributed by atoms with E-state index in [1.54, 1.807) is 12.3 Å². The molecule has 2 N–H and O–H groups in total. The van der Waals surface area contributed by atoms with Gasteiger partial charge in [-0.25, -0.2) is 0 Å². The second-order valence-electron chi connectivity index (χ2n) is 5.39. The van der Waals surface area contributed by atoms with Crippen molar-refractivity contribution in [3.63, 3.8) is 0 Å². The first-order valence-electron chi connectivity index (χ1n) is 7.07. The van der Waals surface area contributed by atoms with Crippen LogP contribution in [0.4, 0.5) is 5.69 Å². The zero-order valence-electron chi connectivity index (χ0n) is 11.7. The topological polar surface area (TPSA) is 44.9 Å². The lowest BCUT2D eigenvalue weighted by Crippen LogP contribution is -2.12. The molecule has 1 amide bonds. The van der Waals surface area contributed by atoms with Crippen LogP contribution in [0.5, 0.6) is 0 Å². The predicted octanol–water partition coefficient (Wildman–Crippen LogP) is 4.60. The van der Waals surface area contributed by atoms with Crippen LogP contribution in [0.2, 0.25) is 0 Å². The van der Waals surface area contributed by atoms with E-state index in [9.17, 15) is 4.79 Å². The molecule has 108 valence electrons. The Labute approximate surface area is 136 Å². The monoisotopic (exact) mass is 352 g/mol. The summed E-state index contributed by atoms with van der Waals surface area (Å²) in [7, 11) is 0. The first kappa shape index (κ1) is 13.3. The second kappa shape index (κ2) is 5.14. The molecule has 0 saturated carbocycles. The van der Waals surface area contributed by atoms with E-state index >= 15 is 0 Å². The standard InChI is InChI=1S/C18H13BrN2O/c19-13-9-17(20-10-13)18(22)21-14-5-6-16-12(8-14)7-11-3-1-2-4-15(11)16/h1-6,8-10,20H,7H2,(H,21,22). The Hall–Kier alpha value is -2.33. The lowest BCUT2D eigenvalue weighted by Gasteiger charge is -2.07. The molecule has 1 heterocycles. The third-order valence-corrected chi connectivity index (χ3v) is 4.40. The molecular formula is C18H13BrN2O. The van der Waals surface area contributed by atoms with E-state index in [2.05, 4.69) is 62.6 Å². The van der Waals surface area contributed by atoms with Crippen LogP contribution >= 0.6 is 15.9 Å². The first-order chi connectivity index (χ1) is 10.7. The van der Waals surface area contributed by atoms with Crippen LogP contribution in [0, 0.1) is 0 Å². The first-order valence-corrected chi connectivity index (χ1v) is 7.86. The summed E-state index contributed by atoms with van der Waals surface area (Å²) in [6.07, 6.45) is 2.66. The van der Waals surface area contributed by atoms with Gasteiger partial charge < -0.3 is 10.3 Å². The summed E-state index contributed by atoms with van der Waals surface area (Å²) in [5, 5.41) is 2.94. The van der Waals surface area contributed by atoms with E-state index in [4.69, 9.17) is 0 Å². The summed E-state index contributed by atoms with van der Waals surface area (Å²) in [6.45, 7) is 0. The van der Waals surface area contributed by atoms with Crippen LogP contribution in [0.3, 0.4) is 0 Å². The van der Waals surface area contributed by atoms with Crippen LogP contribution in [-0.4, -0.2) is 10.9 Å². The fraction of sp³-hybridized carbons (Fsp3) is 0.0556. The summed E-state index contributed by atoms with van der Waals surface area (Å²) >= 11 is 3.33. The van der Waals surface area contributed by atoms with Gasteiger partial charge in [0.15, 0.2) is 0 Å². The fourth-order valence-electron chi connectivity index (χ4n) is 2.92. The summed E-state index contributed by atoms with van der Waals surface area (Å²) in [5.41, 5.74) is 6.51. The van der Waals surface area contributed by atoms with Gasteiger partial charge in [-0.15, -0.1) is 0 Å². The van der Waals surface area contributed by atoms with E-state index < -0.39 is 0 Å². The molecule has 1 aliphatic carbocycles. The second-order valence-corrected chi connectivity index (χ2v) is 6.31. The molecule has 3 aromatic rings. The van der Waals surface area contributed by atoms with Gasteiger partial charge in [0.25, 0.3) is 5.91 Å². The number of aromatic nitrogens is 1. The maximum absolute atomic E-state index is 12.2. The van der Waals surface area contributed by atoms with Crippen molar-refractivity contribution in [1.29, 1.82) is 0 Å². The van der Waals surface area contributed by atoms with Gasteiger partial charge in [-0.3, -0.25) is 4.79 Å². The van der Waals surface area contributed by atoms with E-state index in [0.717, 1.165) is 16.6 Å². The van der Waals surface area contributed by atoms with Crippen molar-refractivity contribution >= 4 is 27.5 Å². The Morgan fingerprint density at radius 1 is 1.05 bits per heavy atom. The Morgan fingerprint density at radius 3 is 2.68 bits per heavy atom. The van der Waals surface area contributed by atoms with Gasteiger partial charge in [0, 0.05) is 16.4 Å². The minimum atomic E-state index is -0.138. The molecule has 0 radical (unpaired) electrons. The van der Waals surface area contributed by atoms with Crippen LogP contribution < -0.4 is 5.32 Å². The largest absolute Gasteiger partial charge is 0.356 e. The van der Waals surface area contributed by atoms with Crippen molar-refractivity contribution in [1.82, 2.24) is 4.98 Å². The fourth-order valence-corrected chi connectivity index (χ4v) is 3.26. The highest BCUT2D eigenvalue weighted by Crippen LogP contribution is 2.37. The molecule has 3 nitrogen and oxygen atoms in total. The molecule has 22 heavy (non-hydrogen) atoms. The van der Waals surface area contributed by atoms with Gasteiger partial charge in [0.1, 0.15) is 5.69 Å². The molecule has 1 aromatic heterocycles. The maximum Gasteiger partial charge on any atom is 0.272 e. The molecule has 0 aliphatic heterocycles. The van der Waals surface area contributed by atoms with Crippen molar-refractivity contribution in [3.05, 3.63) is 76.0 Å². The van der Waals surface area contributed by atoms with Crippen molar-refractivity contribution in [3.8, 4) is 11.1 Å². The number of hydrogen-bond donors (Lipinski definition) is 2. The normalized spacial score (nSPS) is 11.9. The predicted molar refractivity (Wildman–Crippen MR) is 91.1 cm³/mol. The molecule has 1 aliphatic rings. The third-order valence-electron chi connectivity index (χ3n) is 3.94. The highest BCUT2D eigenvalue weighted by atomic mass is 79.9. The number of hydrogen-bond acceptors (Lipinski definition) is 1. The number of halogens is 1. The van der Waals surface area contributed by atoms with Gasteiger partial charge in [0.2, 0.25) is 0 Å². The quantitative estimate of drug-likeness (QED) is 0.544. The molecule has 4 rings (SSSR count). The SMILES string of the molecule is O=C(Nc1ccc2c(c1)Cc1ccccc1-2)c1cc(Br)c[nH]1. The average Bonchev–Trinajstić information content (AvgIpc) is 3.10. The molecular weight excluding hydrogens is 340 g/mol. The molecule has 0 fully saturated rings. The van der Waals surface area contributed by atoms with Crippen molar-refractivity contribution < 1.29 is 4.79 Å². The maximum atomic E-state index is 12.2. The highest BCUT2D eigenvalue weighted by molar-refractivity contribution is 9.10. The van der Waals surface area contributed by atoms with Gasteiger partial charge in [0.05, 0.1) is 0 Å². The summed E-state index contributed by atoms with van der Waals surface area (Å²) in [5.74, 6) is -0.138. The van der Waals surface area contributed by atoms with Gasteiger partial charge in [-0.05, 0) is 62.8 Å². The van der Waals surface area contributed by atoms with Crippen molar-refractivity contribution in [2.75, 3.05) is 5.32 Å². The lowest BCUT2D eigenvalue weighted by molar-refractivity contribution is 0.102. The molecule has 4 heteroatoms. The number of aromatic amines is 1. The number of fused-ring (bicyclic) bond motifs is 3. The van der Waals surface area contributed by atoms with Crippen LogP contribution in [-0.2, 0) is 6.42 Å². The zero-order valence-corrected chi connectivity index (χ0v) is 13.3. The molecule has 0 bridgehead atoms. The number of rotatable bonds is 2. The van der Waals surface area contributed by atoms with Crippen LogP contribution in [0.15, 0.2) is 59.2 Å². The minimum Gasteiger partial charge on any atom is -0.356 e. The van der Waals surface area contributed by atoms with E-state index in [0.29, 0.717) is 5.69 Å². The number of nitrogens with one attached hydrogen (secondary N) is 2. The van der Waals surface area contributed by atoms with Crippen LogP contribution in [0.1, 0.15) is 21.6 Å². The zero-order chi connectivity index (χ0) is 15.1. The van der Waals surface area contributed by atoms with Gasteiger partial charge >= 0.3 is 0 Å². The Bertz CT molecular complexity index is 882. The molecule has 0 unspecified atom stereocenters. The lowest BCUT2D eigenvalue weighted by atomic mass is 10.1. The van der Waals surface area contributed by atoms with Crippen molar-refractivity contribution in [2.24, 2.45) is 0 Å². The van der Waals surface area contributed by atoms with Crippen LogP contribution in [0.25, 0.3) is 11.1 Å². The summed E-state index contributed by atoms with van der Waals surface area (Å²) in [4.78, 5) is 15.1. The number of H-pyrrole nitrogens is 1. The average molecular weight is 353 g/mol. The number of benzene rings is 2. The Balaban J connectivity index is 1.61. The highest BCUT2D eigenvalue weighted by Gasteiger charge is 2.18. The van der Waals surface area contributed by atoms with E-state index in [-0.39, 0.29) is 5.91 Å². The van der Waals surface area contributed by atoms with E-state index in [1.807, 2.05) is 6.07 Å². The van der Waals surface area contributed by atoms with E-state index in [1.165, 1.54) is 22.3 Å². The number of anilines is 1. The smallest absolute Gasteiger partial charge is 0.272 e. The molecule has 0 atom stereocenters. The van der Waals surface area contributed by atoms with Gasteiger partial charge in [-0.1, -0.05) is 30.3 Å². The molecule has 0 spiro atoms. The number of amides is 1. The van der Waals surface area contributed by atoms with Gasteiger partial charge in [-0.2, -0.15) is 0 Å². The number of carbonyl (C=O) groups excluding carboxylic acids is 1. The summed E-state index contributed by atoms with van der Waals surface area (Å²) in [6, 6.07) is 16.3.